The zero-order valence-electron chi connectivity index (χ0n) is 8.12. The van der Waals surface area contributed by atoms with Crippen LogP contribution >= 0.6 is 0 Å². The topological polar surface area (TPSA) is 25.2 Å². The van der Waals surface area contributed by atoms with Gasteiger partial charge in [-0.25, -0.2) is 0 Å². The van der Waals surface area contributed by atoms with Gasteiger partial charge in [0.2, 0.25) is 0 Å². The predicted molar refractivity (Wildman–Crippen MR) is 52.5 cm³/mol. The van der Waals surface area contributed by atoms with E-state index in [9.17, 15) is 0 Å². The van der Waals surface area contributed by atoms with Crippen LogP contribution in [0.1, 0.15) is 44.2 Å². The van der Waals surface area contributed by atoms with E-state index in [0.717, 1.165) is 6.04 Å². The Morgan fingerprint density at radius 1 is 1.46 bits per heavy atom. The fourth-order valence-electron chi connectivity index (χ4n) is 2.06. The minimum absolute atomic E-state index is 0.432. The molecule has 1 N–H and O–H groups in total. The third kappa shape index (κ3) is 2.13. The fraction of sp³-hybridized carbons (Fsp3) is 0.636. The molecule has 1 saturated carbocycles. The lowest BCUT2D eigenvalue weighted by molar-refractivity contribution is 0.456. The first-order valence-electron chi connectivity index (χ1n) is 5.14. The van der Waals surface area contributed by atoms with Gasteiger partial charge in [-0.3, -0.25) is 0 Å². The van der Waals surface area contributed by atoms with Gasteiger partial charge in [-0.05, 0) is 25.8 Å². The molecule has 1 aromatic heterocycles. The Balaban J connectivity index is 1.87. The molecule has 13 heavy (non-hydrogen) atoms. The van der Waals surface area contributed by atoms with Gasteiger partial charge in [-0.2, -0.15) is 0 Å². The Kier molecular flexibility index (Phi) is 2.69. The first-order valence-corrected chi connectivity index (χ1v) is 5.14. The Hall–Kier alpha value is -0.760. The molecule has 2 nitrogen and oxygen atoms in total. The van der Waals surface area contributed by atoms with Crippen LogP contribution in [-0.2, 0) is 0 Å². The Labute approximate surface area is 79.3 Å². The van der Waals surface area contributed by atoms with Crippen LogP contribution in [0.25, 0.3) is 0 Å². The van der Waals surface area contributed by atoms with Crippen molar-refractivity contribution in [1.29, 1.82) is 0 Å². The molecule has 1 unspecified atom stereocenters. The molecule has 0 bridgehead atoms. The molecule has 1 atom stereocenters. The van der Waals surface area contributed by atoms with Gasteiger partial charge in [0.15, 0.2) is 0 Å². The number of hydrogen-bond acceptors (Lipinski definition) is 2. The normalized spacial score (nSPS) is 20.7. The lowest BCUT2D eigenvalue weighted by Crippen LogP contribution is -2.28. The molecule has 0 amide bonds. The lowest BCUT2D eigenvalue weighted by atomic mass is 10.1. The third-order valence-corrected chi connectivity index (χ3v) is 2.88. The van der Waals surface area contributed by atoms with Crippen molar-refractivity contribution in [3.05, 3.63) is 24.2 Å². The molecule has 1 aliphatic carbocycles. The summed E-state index contributed by atoms with van der Waals surface area (Å²) in [7, 11) is 0. The summed E-state index contributed by atoms with van der Waals surface area (Å²) in [6.07, 6.45) is 9.00. The van der Waals surface area contributed by atoms with Crippen LogP contribution in [-0.4, -0.2) is 6.04 Å². The van der Waals surface area contributed by atoms with Crippen LogP contribution in [0.5, 0.6) is 0 Å². The van der Waals surface area contributed by atoms with Crippen molar-refractivity contribution in [2.75, 3.05) is 0 Å². The molecule has 2 heteroatoms. The molecule has 1 heterocycles. The zero-order valence-corrected chi connectivity index (χ0v) is 8.12. The van der Waals surface area contributed by atoms with Crippen LogP contribution in [0.4, 0.5) is 0 Å². The van der Waals surface area contributed by atoms with Crippen molar-refractivity contribution in [2.24, 2.45) is 0 Å². The van der Waals surface area contributed by atoms with Gasteiger partial charge in [0.25, 0.3) is 0 Å². The minimum atomic E-state index is 0.432. The van der Waals surface area contributed by atoms with Crippen molar-refractivity contribution < 1.29 is 4.42 Å². The molecule has 0 saturated heterocycles. The number of rotatable bonds is 3. The standard InChI is InChI=1S/C11H17NO/c1-9(10-6-7-13-8-10)12-11-4-2-3-5-11/h6-9,11-12H,2-5H2,1H3. The summed E-state index contributed by atoms with van der Waals surface area (Å²) in [5.41, 5.74) is 1.26. The summed E-state index contributed by atoms with van der Waals surface area (Å²) in [6.45, 7) is 2.20. The average Bonchev–Trinajstić information content (AvgIpc) is 2.74. The first kappa shape index (κ1) is 8.82. The minimum Gasteiger partial charge on any atom is -0.472 e. The summed E-state index contributed by atoms with van der Waals surface area (Å²) >= 11 is 0. The van der Waals surface area contributed by atoms with E-state index in [-0.39, 0.29) is 0 Å². The van der Waals surface area contributed by atoms with Gasteiger partial charge in [0.1, 0.15) is 0 Å². The molecule has 1 fully saturated rings. The molecule has 0 aromatic carbocycles. The fourth-order valence-corrected chi connectivity index (χ4v) is 2.06. The van der Waals surface area contributed by atoms with Gasteiger partial charge in [0, 0.05) is 17.6 Å². The molecular weight excluding hydrogens is 162 g/mol. The highest BCUT2D eigenvalue weighted by Crippen LogP contribution is 2.21. The largest absolute Gasteiger partial charge is 0.472 e. The maximum atomic E-state index is 5.06. The Morgan fingerprint density at radius 3 is 2.85 bits per heavy atom. The molecule has 0 aliphatic heterocycles. The van der Waals surface area contributed by atoms with Gasteiger partial charge in [-0.15, -0.1) is 0 Å². The summed E-state index contributed by atoms with van der Waals surface area (Å²) in [6, 6.07) is 3.19. The molecule has 0 spiro atoms. The second-order valence-electron chi connectivity index (χ2n) is 3.93. The van der Waals surface area contributed by atoms with Crippen LogP contribution in [0, 0.1) is 0 Å². The molecule has 0 radical (unpaired) electrons. The number of nitrogens with one attached hydrogen (secondary N) is 1. The maximum Gasteiger partial charge on any atom is 0.0950 e. The second kappa shape index (κ2) is 3.97. The monoisotopic (exact) mass is 179 g/mol. The van der Waals surface area contributed by atoms with Crippen molar-refractivity contribution in [2.45, 2.75) is 44.7 Å². The zero-order chi connectivity index (χ0) is 9.10. The molecule has 72 valence electrons. The van der Waals surface area contributed by atoms with E-state index in [1.54, 1.807) is 6.26 Å². The SMILES string of the molecule is CC(NC1CCCC1)c1ccoc1. The van der Waals surface area contributed by atoms with Gasteiger partial charge in [0.05, 0.1) is 12.5 Å². The quantitative estimate of drug-likeness (QED) is 0.771. The van der Waals surface area contributed by atoms with E-state index in [1.807, 2.05) is 12.3 Å². The van der Waals surface area contributed by atoms with Crippen molar-refractivity contribution in [3.8, 4) is 0 Å². The van der Waals surface area contributed by atoms with E-state index >= 15 is 0 Å². The van der Waals surface area contributed by atoms with Crippen molar-refractivity contribution >= 4 is 0 Å². The molecule has 1 aliphatic rings. The lowest BCUT2D eigenvalue weighted by Gasteiger charge is -2.17. The number of hydrogen-bond donors (Lipinski definition) is 1. The first-order chi connectivity index (χ1) is 6.36. The van der Waals surface area contributed by atoms with Crippen molar-refractivity contribution in [3.63, 3.8) is 0 Å². The average molecular weight is 179 g/mol. The Morgan fingerprint density at radius 2 is 2.23 bits per heavy atom. The number of furan rings is 1. The van der Waals surface area contributed by atoms with E-state index < -0.39 is 0 Å². The van der Waals surface area contributed by atoms with Crippen LogP contribution < -0.4 is 5.32 Å². The molecular formula is C11H17NO. The van der Waals surface area contributed by atoms with Crippen LogP contribution in [0.2, 0.25) is 0 Å². The highest BCUT2D eigenvalue weighted by Gasteiger charge is 2.17. The van der Waals surface area contributed by atoms with Crippen LogP contribution in [0.3, 0.4) is 0 Å². The maximum absolute atomic E-state index is 5.06. The highest BCUT2D eigenvalue weighted by molar-refractivity contribution is 5.10. The smallest absolute Gasteiger partial charge is 0.0950 e. The second-order valence-corrected chi connectivity index (χ2v) is 3.93. The van der Waals surface area contributed by atoms with Gasteiger partial charge >= 0.3 is 0 Å². The van der Waals surface area contributed by atoms with E-state index in [4.69, 9.17) is 4.42 Å². The van der Waals surface area contributed by atoms with Crippen LogP contribution in [0.15, 0.2) is 23.0 Å². The van der Waals surface area contributed by atoms with E-state index in [0.29, 0.717) is 6.04 Å². The van der Waals surface area contributed by atoms with E-state index in [1.165, 1.54) is 31.2 Å². The highest BCUT2D eigenvalue weighted by atomic mass is 16.3. The summed E-state index contributed by atoms with van der Waals surface area (Å²) in [5.74, 6) is 0. The van der Waals surface area contributed by atoms with Gasteiger partial charge in [-0.1, -0.05) is 12.8 Å². The van der Waals surface area contributed by atoms with Gasteiger partial charge < -0.3 is 9.73 Å². The Bertz CT molecular complexity index is 237. The molecule has 1 aromatic rings. The summed E-state index contributed by atoms with van der Waals surface area (Å²) in [4.78, 5) is 0. The summed E-state index contributed by atoms with van der Waals surface area (Å²) in [5, 5.41) is 3.62. The predicted octanol–water partition coefficient (Wildman–Crippen LogP) is 2.87. The third-order valence-electron chi connectivity index (χ3n) is 2.88. The van der Waals surface area contributed by atoms with Crippen molar-refractivity contribution in [1.82, 2.24) is 5.32 Å². The van der Waals surface area contributed by atoms with E-state index in [2.05, 4.69) is 12.2 Å². The molecule has 2 rings (SSSR count). The summed E-state index contributed by atoms with van der Waals surface area (Å²) < 4.78 is 5.06.